The third-order valence-electron chi connectivity index (χ3n) is 4.51. The molecule has 3 amide bonds. The van der Waals surface area contributed by atoms with Crippen molar-refractivity contribution in [2.75, 3.05) is 0 Å². The topological polar surface area (TPSA) is 66.5 Å². The van der Waals surface area contributed by atoms with Gasteiger partial charge in [-0.25, -0.2) is 0 Å². The van der Waals surface area contributed by atoms with Crippen molar-refractivity contribution in [2.45, 2.75) is 39.3 Å². The molecule has 1 N–H and O–H groups in total. The van der Waals surface area contributed by atoms with E-state index in [-0.39, 0.29) is 36.2 Å². The van der Waals surface area contributed by atoms with E-state index < -0.39 is 0 Å². The maximum atomic E-state index is 12.6. The second-order valence-corrected chi connectivity index (χ2v) is 7.76. The lowest BCUT2D eigenvalue weighted by Gasteiger charge is -2.21. The van der Waals surface area contributed by atoms with Gasteiger partial charge >= 0.3 is 0 Å². The summed E-state index contributed by atoms with van der Waals surface area (Å²) in [5, 5.41) is 5.10. The minimum atomic E-state index is -0.132. The first-order valence-corrected chi connectivity index (χ1v) is 9.60. The van der Waals surface area contributed by atoms with Gasteiger partial charge in [0.05, 0.1) is 12.6 Å². The Morgan fingerprint density at radius 1 is 1.12 bits per heavy atom. The van der Waals surface area contributed by atoms with Gasteiger partial charge in [-0.15, -0.1) is 11.3 Å². The van der Waals surface area contributed by atoms with E-state index in [9.17, 15) is 14.4 Å². The van der Waals surface area contributed by atoms with E-state index in [0.29, 0.717) is 18.4 Å². The predicted octanol–water partition coefficient (Wildman–Crippen LogP) is 3.52. The monoisotopic (exact) mass is 370 g/mol. The Kier molecular flexibility index (Phi) is 5.52. The Balaban J connectivity index is 1.67. The van der Waals surface area contributed by atoms with E-state index in [1.807, 2.05) is 17.5 Å². The van der Waals surface area contributed by atoms with Crippen LogP contribution >= 0.6 is 11.3 Å². The van der Waals surface area contributed by atoms with Crippen LogP contribution in [0.25, 0.3) is 0 Å². The van der Waals surface area contributed by atoms with Crippen LogP contribution < -0.4 is 5.32 Å². The summed E-state index contributed by atoms with van der Waals surface area (Å²) in [6.07, 6.45) is 0.581. The SMILES string of the molecule is CC(C)C(NC(=O)c1ccc(CN2C(=O)CCC2=O)cc1)c1cccs1. The van der Waals surface area contributed by atoms with E-state index in [4.69, 9.17) is 0 Å². The van der Waals surface area contributed by atoms with Crippen molar-refractivity contribution < 1.29 is 14.4 Å². The number of rotatable bonds is 6. The summed E-state index contributed by atoms with van der Waals surface area (Å²) in [4.78, 5) is 38.4. The van der Waals surface area contributed by atoms with Crippen molar-refractivity contribution in [3.8, 4) is 0 Å². The lowest BCUT2D eigenvalue weighted by molar-refractivity contribution is -0.139. The highest BCUT2D eigenvalue weighted by molar-refractivity contribution is 7.10. The van der Waals surface area contributed by atoms with Crippen LogP contribution in [0.5, 0.6) is 0 Å². The lowest BCUT2D eigenvalue weighted by atomic mass is 10.0. The van der Waals surface area contributed by atoms with E-state index in [0.717, 1.165) is 10.4 Å². The van der Waals surface area contributed by atoms with Crippen molar-refractivity contribution in [3.63, 3.8) is 0 Å². The molecule has 0 spiro atoms. The number of imide groups is 1. The molecule has 0 saturated carbocycles. The molecule has 0 bridgehead atoms. The Labute approximate surface area is 157 Å². The van der Waals surface area contributed by atoms with Crippen LogP contribution in [0, 0.1) is 5.92 Å². The molecule has 0 aliphatic carbocycles. The summed E-state index contributed by atoms with van der Waals surface area (Å²) < 4.78 is 0. The summed E-state index contributed by atoms with van der Waals surface area (Å²) in [6, 6.07) is 11.1. The second kappa shape index (κ2) is 7.83. The number of amides is 3. The first-order valence-electron chi connectivity index (χ1n) is 8.72. The van der Waals surface area contributed by atoms with Gasteiger partial charge in [0.1, 0.15) is 0 Å². The van der Waals surface area contributed by atoms with Crippen LogP contribution in [0.3, 0.4) is 0 Å². The standard InChI is InChI=1S/C20H22N2O3S/c1-13(2)19(16-4-3-11-26-16)21-20(25)15-7-5-14(6-8-15)12-22-17(23)9-10-18(22)24/h3-8,11,13,19H,9-10,12H2,1-2H3,(H,21,25). The molecule has 26 heavy (non-hydrogen) atoms. The third kappa shape index (κ3) is 4.02. The van der Waals surface area contributed by atoms with Crippen LogP contribution in [0.1, 0.15) is 53.5 Å². The van der Waals surface area contributed by atoms with Crippen LogP contribution in [0.2, 0.25) is 0 Å². The van der Waals surface area contributed by atoms with Crippen LogP contribution in [-0.4, -0.2) is 22.6 Å². The lowest BCUT2D eigenvalue weighted by Crippen LogP contribution is -2.31. The minimum Gasteiger partial charge on any atom is -0.344 e. The van der Waals surface area contributed by atoms with Crippen molar-refractivity contribution in [1.29, 1.82) is 0 Å². The number of nitrogens with zero attached hydrogens (tertiary/aromatic N) is 1. The largest absolute Gasteiger partial charge is 0.344 e. The van der Waals surface area contributed by atoms with E-state index in [1.54, 1.807) is 35.6 Å². The number of likely N-dealkylation sites (tertiary alicyclic amines) is 1. The van der Waals surface area contributed by atoms with Gasteiger partial charge in [-0.2, -0.15) is 0 Å². The Morgan fingerprint density at radius 3 is 2.31 bits per heavy atom. The summed E-state index contributed by atoms with van der Waals surface area (Å²) in [6.45, 7) is 4.43. The molecule has 1 aliphatic heterocycles. The van der Waals surface area contributed by atoms with Gasteiger partial charge in [-0.1, -0.05) is 32.0 Å². The molecule has 2 aromatic rings. The fourth-order valence-electron chi connectivity index (χ4n) is 3.00. The summed E-state index contributed by atoms with van der Waals surface area (Å²) in [5.41, 5.74) is 1.40. The van der Waals surface area contributed by atoms with Gasteiger partial charge < -0.3 is 5.32 Å². The summed E-state index contributed by atoms with van der Waals surface area (Å²) in [7, 11) is 0. The molecular formula is C20H22N2O3S. The van der Waals surface area contributed by atoms with Crippen molar-refractivity contribution in [2.24, 2.45) is 5.92 Å². The molecule has 3 rings (SSSR count). The fraction of sp³-hybridized carbons (Fsp3) is 0.350. The van der Waals surface area contributed by atoms with Gasteiger partial charge in [0.2, 0.25) is 11.8 Å². The average molecular weight is 370 g/mol. The molecule has 136 valence electrons. The highest BCUT2D eigenvalue weighted by atomic mass is 32.1. The summed E-state index contributed by atoms with van der Waals surface area (Å²) >= 11 is 1.63. The Morgan fingerprint density at radius 2 is 1.77 bits per heavy atom. The van der Waals surface area contributed by atoms with Crippen molar-refractivity contribution in [3.05, 3.63) is 57.8 Å². The molecule has 1 aliphatic rings. The van der Waals surface area contributed by atoms with Crippen molar-refractivity contribution >= 4 is 29.1 Å². The maximum absolute atomic E-state index is 12.6. The van der Waals surface area contributed by atoms with Gasteiger partial charge in [0.15, 0.2) is 0 Å². The Bertz CT molecular complexity index is 781. The molecule has 1 aromatic heterocycles. The normalized spacial score (nSPS) is 15.6. The van der Waals surface area contributed by atoms with Crippen LogP contribution in [-0.2, 0) is 16.1 Å². The number of hydrogen-bond acceptors (Lipinski definition) is 4. The van der Waals surface area contributed by atoms with Gasteiger partial charge in [0, 0.05) is 23.3 Å². The number of hydrogen-bond donors (Lipinski definition) is 1. The first-order chi connectivity index (χ1) is 12.5. The third-order valence-corrected chi connectivity index (χ3v) is 5.47. The van der Waals surface area contributed by atoms with E-state index in [2.05, 4.69) is 19.2 Å². The van der Waals surface area contributed by atoms with Gasteiger partial charge in [-0.05, 0) is 35.1 Å². The molecule has 1 saturated heterocycles. The molecule has 6 heteroatoms. The molecule has 2 heterocycles. The molecule has 1 unspecified atom stereocenters. The Hall–Kier alpha value is -2.47. The zero-order valence-electron chi connectivity index (χ0n) is 14.9. The number of thiophene rings is 1. The minimum absolute atomic E-state index is 0.0259. The average Bonchev–Trinajstić information content (AvgIpc) is 3.25. The quantitative estimate of drug-likeness (QED) is 0.791. The smallest absolute Gasteiger partial charge is 0.251 e. The van der Waals surface area contributed by atoms with Crippen LogP contribution in [0.15, 0.2) is 41.8 Å². The van der Waals surface area contributed by atoms with Gasteiger partial charge in [0.25, 0.3) is 5.91 Å². The molecule has 1 atom stereocenters. The highest BCUT2D eigenvalue weighted by Gasteiger charge is 2.28. The van der Waals surface area contributed by atoms with E-state index in [1.165, 1.54) is 4.90 Å². The number of benzene rings is 1. The zero-order chi connectivity index (χ0) is 18.7. The summed E-state index contributed by atoms with van der Waals surface area (Å²) in [5.74, 6) is -0.110. The zero-order valence-corrected chi connectivity index (χ0v) is 15.7. The first kappa shape index (κ1) is 18.3. The molecule has 1 fully saturated rings. The highest BCUT2D eigenvalue weighted by Crippen LogP contribution is 2.26. The molecule has 1 aromatic carbocycles. The van der Waals surface area contributed by atoms with Crippen LogP contribution in [0.4, 0.5) is 0 Å². The molecule has 5 nitrogen and oxygen atoms in total. The predicted molar refractivity (Wildman–Crippen MR) is 101 cm³/mol. The molecular weight excluding hydrogens is 348 g/mol. The van der Waals surface area contributed by atoms with E-state index >= 15 is 0 Å². The number of carbonyl (C=O) groups excluding carboxylic acids is 3. The number of carbonyl (C=O) groups is 3. The van der Waals surface area contributed by atoms with Crippen molar-refractivity contribution in [1.82, 2.24) is 10.2 Å². The number of nitrogens with one attached hydrogen (secondary N) is 1. The molecule has 0 radical (unpaired) electrons. The second-order valence-electron chi connectivity index (χ2n) is 6.78. The maximum Gasteiger partial charge on any atom is 0.251 e. The van der Waals surface area contributed by atoms with Gasteiger partial charge in [-0.3, -0.25) is 19.3 Å². The fourth-order valence-corrected chi connectivity index (χ4v) is 3.95.